The van der Waals surface area contributed by atoms with Gasteiger partial charge >= 0.3 is 0 Å². The number of anilines is 1. The number of aromatic nitrogens is 3. The highest BCUT2D eigenvalue weighted by molar-refractivity contribution is 6.83. The van der Waals surface area contributed by atoms with Crippen LogP contribution in [0.25, 0.3) is 11.0 Å². The molecule has 1 saturated heterocycles. The van der Waals surface area contributed by atoms with Crippen LogP contribution in [0.15, 0.2) is 36.4 Å². The van der Waals surface area contributed by atoms with E-state index in [4.69, 9.17) is 14.8 Å². The van der Waals surface area contributed by atoms with E-state index in [-0.39, 0.29) is 17.9 Å². The minimum absolute atomic E-state index is 0.141. The van der Waals surface area contributed by atoms with Crippen molar-refractivity contribution in [3.8, 4) is 17.2 Å². The SMILES string of the molecule is COc1ccc(Cn2nc(C#C[Si](C)(C)C)c3nc(N4CCN(C)C(=O)C4C(C)C)ccc32)cc1. The van der Waals surface area contributed by atoms with Crippen LogP contribution in [0, 0.1) is 17.4 Å². The maximum Gasteiger partial charge on any atom is 0.245 e. The summed E-state index contributed by atoms with van der Waals surface area (Å²) in [6.45, 7) is 12.9. The summed E-state index contributed by atoms with van der Waals surface area (Å²) in [5.74, 6) is 5.28. The topological polar surface area (TPSA) is 63.5 Å². The van der Waals surface area contributed by atoms with Crippen molar-refractivity contribution in [2.24, 2.45) is 5.92 Å². The van der Waals surface area contributed by atoms with Gasteiger partial charge in [-0.05, 0) is 41.7 Å². The average molecular weight is 490 g/mol. The predicted octanol–water partition coefficient (Wildman–Crippen LogP) is 4.02. The van der Waals surface area contributed by atoms with Crippen LogP contribution in [0.5, 0.6) is 5.75 Å². The number of carbonyl (C=O) groups excluding carboxylic acids is 1. The molecule has 1 aliphatic heterocycles. The van der Waals surface area contributed by atoms with Crippen LogP contribution in [0.4, 0.5) is 5.82 Å². The Kier molecular flexibility index (Phi) is 6.90. The summed E-state index contributed by atoms with van der Waals surface area (Å²) in [6, 6.07) is 11.9. The molecule has 35 heavy (non-hydrogen) atoms. The molecule has 0 radical (unpaired) electrons. The van der Waals surface area contributed by atoms with E-state index in [0.717, 1.165) is 34.7 Å². The van der Waals surface area contributed by atoms with Gasteiger partial charge in [0.25, 0.3) is 0 Å². The highest BCUT2D eigenvalue weighted by Gasteiger charge is 2.36. The van der Waals surface area contributed by atoms with Crippen molar-refractivity contribution in [2.45, 2.75) is 46.1 Å². The molecule has 0 bridgehead atoms. The van der Waals surface area contributed by atoms with Gasteiger partial charge in [0.15, 0.2) is 5.69 Å². The van der Waals surface area contributed by atoms with Gasteiger partial charge < -0.3 is 14.5 Å². The minimum Gasteiger partial charge on any atom is -0.497 e. The third-order valence-electron chi connectivity index (χ3n) is 6.20. The quantitative estimate of drug-likeness (QED) is 0.400. The molecule has 1 aromatic carbocycles. The maximum atomic E-state index is 13.0. The Labute approximate surface area is 209 Å². The lowest BCUT2D eigenvalue weighted by Crippen LogP contribution is -2.58. The summed E-state index contributed by atoms with van der Waals surface area (Å²) >= 11 is 0. The number of nitrogens with zero attached hydrogens (tertiary/aromatic N) is 5. The van der Waals surface area contributed by atoms with Crippen LogP contribution in [0.1, 0.15) is 25.1 Å². The molecule has 1 atom stereocenters. The van der Waals surface area contributed by atoms with Crippen LogP contribution < -0.4 is 9.64 Å². The molecular weight excluding hydrogens is 454 g/mol. The molecule has 0 spiro atoms. The number of benzene rings is 1. The van der Waals surface area contributed by atoms with Gasteiger partial charge in [0.05, 0.1) is 19.2 Å². The molecule has 1 fully saturated rings. The van der Waals surface area contributed by atoms with Gasteiger partial charge in [-0.2, -0.15) is 5.10 Å². The zero-order valence-corrected chi connectivity index (χ0v) is 22.8. The lowest BCUT2D eigenvalue weighted by molar-refractivity contribution is -0.134. The number of carbonyl (C=O) groups is 1. The standard InChI is InChI=1S/C27H35N5O2Si/c1-19(2)26-27(33)30(3)15-16-31(26)24-13-12-23-25(28-24)22(14-17-35(5,6)7)29-32(23)18-20-8-10-21(34-4)11-9-20/h8-13,19,26H,15-16,18H2,1-7H3. The number of pyridine rings is 1. The monoisotopic (exact) mass is 489 g/mol. The van der Waals surface area contributed by atoms with Crippen LogP contribution in [0.2, 0.25) is 19.6 Å². The third kappa shape index (κ3) is 5.35. The van der Waals surface area contributed by atoms with Crippen molar-refractivity contribution in [3.05, 3.63) is 47.7 Å². The van der Waals surface area contributed by atoms with Crippen LogP contribution in [-0.4, -0.2) is 66.9 Å². The van der Waals surface area contributed by atoms with E-state index in [9.17, 15) is 4.79 Å². The van der Waals surface area contributed by atoms with Gasteiger partial charge in [0.1, 0.15) is 31.2 Å². The zero-order chi connectivity index (χ0) is 25.3. The number of hydrogen-bond donors (Lipinski definition) is 0. The molecule has 1 unspecified atom stereocenters. The number of likely N-dealkylation sites (N-methyl/N-ethyl adjacent to an activating group) is 1. The van der Waals surface area contributed by atoms with Crippen molar-refractivity contribution >= 4 is 30.8 Å². The van der Waals surface area contributed by atoms with Gasteiger partial charge in [-0.3, -0.25) is 9.48 Å². The molecule has 3 aromatic rings. The van der Waals surface area contributed by atoms with Crippen molar-refractivity contribution in [3.63, 3.8) is 0 Å². The number of rotatable bonds is 5. The smallest absolute Gasteiger partial charge is 0.245 e. The van der Waals surface area contributed by atoms with Crippen molar-refractivity contribution < 1.29 is 9.53 Å². The fourth-order valence-corrected chi connectivity index (χ4v) is 4.82. The summed E-state index contributed by atoms with van der Waals surface area (Å²) in [7, 11) is 1.94. The highest BCUT2D eigenvalue weighted by atomic mass is 28.3. The van der Waals surface area contributed by atoms with Crippen molar-refractivity contribution in [2.75, 3.05) is 32.1 Å². The first-order valence-corrected chi connectivity index (χ1v) is 15.6. The summed E-state index contributed by atoms with van der Waals surface area (Å²) in [5.41, 5.74) is 6.98. The fraction of sp³-hybridized carbons (Fsp3) is 0.444. The van der Waals surface area contributed by atoms with Crippen LogP contribution >= 0.6 is 0 Å². The zero-order valence-electron chi connectivity index (χ0n) is 21.8. The molecule has 1 amide bonds. The molecule has 8 heteroatoms. The average Bonchev–Trinajstić information content (AvgIpc) is 3.15. The lowest BCUT2D eigenvalue weighted by Gasteiger charge is -2.41. The Morgan fingerprint density at radius 2 is 1.83 bits per heavy atom. The summed E-state index contributed by atoms with van der Waals surface area (Å²) in [4.78, 5) is 22.0. The van der Waals surface area contributed by atoms with Gasteiger partial charge in [-0.15, -0.1) is 5.54 Å². The number of methoxy groups -OCH3 is 1. The third-order valence-corrected chi connectivity index (χ3v) is 7.07. The second kappa shape index (κ2) is 9.74. The van der Waals surface area contributed by atoms with Crippen LogP contribution in [-0.2, 0) is 11.3 Å². The molecule has 1 aliphatic rings. The number of hydrogen-bond acceptors (Lipinski definition) is 5. The van der Waals surface area contributed by atoms with E-state index in [1.165, 1.54) is 0 Å². The van der Waals surface area contributed by atoms with Gasteiger partial charge in [0.2, 0.25) is 5.91 Å². The summed E-state index contributed by atoms with van der Waals surface area (Å²) in [6.07, 6.45) is 0. The van der Waals surface area contributed by atoms with Gasteiger partial charge in [0, 0.05) is 20.1 Å². The predicted molar refractivity (Wildman–Crippen MR) is 143 cm³/mol. The summed E-state index contributed by atoms with van der Waals surface area (Å²) < 4.78 is 7.26. The van der Waals surface area contributed by atoms with Crippen molar-refractivity contribution in [1.82, 2.24) is 19.7 Å². The molecule has 3 heterocycles. The minimum atomic E-state index is -1.60. The van der Waals surface area contributed by atoms with E-state index in [1.54, 1.807) is 7.11 Å². The molecule has 0 aliphatic carbocycles. The second-order valence-corrected chi connectivity index (χ2v) is 15.3. The molecule has 7 nitrogen and oxygen atoms in total. The first-order chi connectivity index (χ1) is 16.6. The number of amides is 1. The second-order valence-electron chi connectivity index (χ2n) is 10.5. The first kappa shape index (κ1) is 24.8. The maximum absolute atomic E-state index is 13.0. The molecule has 0 saturated carbocycles. The fourth-order valence-electron chi connectivity index (χ4n) is 4.33. The Bertz CT molecular complexity index is 1280. The Morgan fingerprint density at radius 1 is 1.11 bits per heavy atom. The Hall–Kier alpha value is -3.31. The number of fused-ring (bicyclic) bond motifs is 1. The van der Waals surface area contributed by atoms with Crippen LogP contribution in [0.3, 0.4) is 0 Å². The largest absolute Gasteiger partial charge is 0.497 e. The number of piperazine rings is 1. The normalized spacial score (nSPS) is 16.6. The Morgan fingerprint density at radius 3 is 2.46 bits per heavy atom. The lowest BCUT2D eigenvalue weighted by atomic mass is 9.99. The van der Waals surface area contributed by atoms with E-state index in [2.05, 4.69) is 55.9 Å². The molecule has 2 aromatic heterocycles. The number of ether oxygens (including phenoxy) is 1. The molecule has 184 valence electrons. The highest BCUT2D eigenvalue weighted by Crippen LogP contribution is 2.27. The van der Waals surface area contributed by atoms with Gasteiger partial charge in [-0.1, -0.05) is 45.6 Å². The molecule has 0 N–H and O–H groups in total. The van der Waals surface area contributed by atoms with E-state index >= 15 is 0 Å². The van der Waals surface area contributed by atoms with Gasteiger partial charge in [-0.25, -0.2) is 4.98 Å². The molecule has 4 rings (SSSR count). The van der Waals surface area contributed by atoms with E-state index < -0.39 is 8.07 Å². The first-order valence-electron chi connectivity index (χ1n) is 12.1. The van der Waals surface area contributed by atoms with E-state index in [0.29, 0.717) is 18.8 Å². The Balaban J connectivity index is 1.78. The van der Waals surface area contributed by atoms with E-state index in [1.807, 2.05) is 47.0 Å². The summed E-state index contributed by atoms with van der Waals surface area (Å²) in [5, 5.41) is 4.88. The van der Waals surface area contributed by atoms with Crippen molar-refractivity contribution in [1.29, 1.82) is 0 Å². The molecular formula is C27H35N5O2Si.